The number of benzene rings is 2. The molecule has 2 rings (SSSR count). The number of phenols is 1. The molecule has 3 amide bonds. The molecule has 8 heteroatoms. The Morgan fingerprint density at radius 2 is 1.61 bits per heavy atom. The smallest absolute Gasteiger partial charge is 0.408 e. The van der Waals surface area contributed by atoms with E-state index in [2.05, 4.69) is 24.5 Å². The zero-order valence-electron chi connectivity index (χ0n) is 25.9. The Balaban J connectivity index is 2.59. The van der Waals surface area contributed by atoms with Crippen LogP contribution in [0.2, 0.25) is 0 Å². The topological polar surface area (TPSA) is 108 Å². The van der Waals surface area contributed by atoms with Gasteiger partial charge in [0, 0.05) is 19.5 Å². The minimum atomic E-state index is -0.993. The number of aryl methyl sites for hydroxylation is 2. The maximum absolute atomic E-state index is 14.5. The maximum atomic E-state index is 14.5. The third kappa shape index (κ3) is 11.1. The van der Waals surface area contributed by atoms with E-state index in [0.717, 1.165) is 47.9 Å². The van der Waals surface area contributed by atoms with Gasteiger partial charge in [-0.3, -0.25) is 9.59 Å². The fraction of sp³-hybridized carbons (Fsp3) is 0.545. The second-order valence-electron chi connectivity index (χ2n) is 11.7. The molecule has 0 aliphatic rings. The van der Waals surface area contributed by atoms with E-state index in [1.807, 2.05) is 32.0 Å². The van der Waals surface area contributed by atoms with Gasteiger partial charge < -0.3 is 25.4 Å². The Kier molecular flexibility index (Phi) is 13.2. The van der Waals surface area contributed by atoms with Crippen LogP contribution in [0.5, 0.6) is 5.75 Å². The molecule has 2 aromatic rings. The summed E-state index contributed by atoms with van der Waals surface area (Å²) in [5.41, 5.74) is 2.67. The predicted octanol–water partition coefficient (Wildman–Crippen LogP) is 6.12. The molecule has 2 unspecified atom stereocenters. The molecule has 41 heavy (non-hydrogen) atoms. The van der Waals surface area contributed by atoms with Crippen molar-refractivity contribution >= 4 is 17.9 Å². The lowest BCUT2D eigenvalue weighted by Crippen LogP contribution is -2.54. The van der Waals surface area contributed by atoms with Crippen LogP contribution >= 0.6 is 0 Å². The van der Waals surface area contributed by atoms with Crippen LogP contribution in [0.25, 0.3) is 0 Å². The van der Waals surface area contributed by atoms with Crippen molar-refractivity contribution in [2.75, 3.05) is 13.1 Å². The monoisotopic (exact) mass is 567 g/mol. The Hall–Kier alpha value is -3.55. The van der Waals surface area contributed by atoms with E-state index in [1.54, 1.807) is 49.9 Å². The fourth-order valence-electron chi connectivity index (χ4n) is 4.61. The zero-order chi connectivity index (χ0) is 30.6. The third-order valence-corrected chi connectivity index (χ3v) is 6.77. The molecule has 3 N–H and O–H groups in total. The Bertz CT molecular complexity index is 1140. The second-order valence-corrected chi connectivity index (χ2v) is 11.7. The van der Waals surface area contributed by atoms with Crippen molar-refractivity contribution in [1.82, 2.24) is 15.5 Å². The highest BCUT2D eigenvalue weighted by Gasteiger charge is 2.36. The molecular formula is C33H49N3O5. The van der Waals surface area contributed by atoms with Crippen LogP contribution in [0.4, 0.5) is 4.79 Å². The molecule has 2 atom stereocenters. The van der Waals surface area contributed by atoms with Crippen molar-refractivity contribution < 1.29 is 24.2 Å². The van der Waals surface area contributed by atoms with Gasteiger partial charge in [-0.1, -0.05) is 69.0 Å². The number of alkyl carbamates (subject to hydrolysis) is 1. The van der Waals surface area contributed by atoms with Crippen LogP contribution in [-0.4, -0.2) is 52.6 Å². The summed E-state index contributed by atoms with van der Waals surface area (Å²) in [6.07, 6.45) is 3.78. The molecule has 0 aromatic heterocycles. The van der Waals surface area contributed by atoms with Crippen molar-refractivity contribution in [2.24, 2.45) is 0 Å². The number of nitrogens with one attached hydrogen (secondary N) is 2. The van der Waals surface area contributed by atoms with Crippen molar-refractivity contribution in [3.05, 3.63) is 64.7 Å². The van der Waals surface area contributed by atoms with Crippen molar-refractivity contribution in [3.63, 3.8) is 0 Å². The molecule has 0 aliphatic heterocycles. The van der Waals surface area contributed by atoms with Crippen LogP contribution in [0.15, 0.2) is 42.5 Å². The van der Waals surface area contributed by atoms with E-state index in [4.69, 9.17) is 4.74 Å². The molecular weight excluding hydrogens is 518 g/mol. The van der Waals surface area contributed by atoms with Crippen molar-refractivity contribution in [2.45, 2.75) is 105 Å². The van der Waals surface area contributed by atoms with E-state index < -0.39 is 23.8 Å². The Morgan fingerprint density at radius 1 is 0.951 bits per heavy atom. The van der Waals surface area contributed by atoms with E-state index in [-0.39, 0.29) is 24.0 Å². The molecule has 0 bridgehead atoms. The van der Waals surface area contributed by atoms with Crippen molar-refractivity contribution in [3.8, 4) is 5.75 Å². The molecule has 0 aliphatic carbocycles. The quantitative estimate of drug-likeness (QED) is 0.238. The number of hydrogen-bond acceptors (Lipinski definition) is 5. The number of nitrogens with zero attached hydrogens (tertiary/aromatic N) is 1. The number of carbonyl (C=O) groups excluding carboxylic acids is 3. The standard InChI is InChI=1S/C33H49N3O5/c1-8-10-12-20-36(29(30(38)34-19-11-9-2)27-21-23(3)13-14-24(27)4)31(39)28(35-32(40)41-33(5,6)7)22-25-15-17-26(37)18-16-25/h13-18,21,28-29,37H,8-12,19-20,22H2,1-7H3,(H,34,38)(H,35,40). The highest BCUT2D eigenvalue weighted by molar-refractivity contribution is 5.92. The average molecular weight is 568 g/mol. The molecule has 0 radical (unpaired) electrons. The summed E-state index contributed by atoms with van der Waals surface area (Å²) in [7, 11) is 0. The number of unbranched alkanes of at least 4 members (excludes halogenated alkanes) is 3. The molecule has 0 saturated carbocycles. The number of hydrogen-bond donors (Lipinski definition) is 3. The van der Waals surface area contributed by atoms with Gasteiger partial charge >= 0.3 is 6.09 Å². The number of ether oxygens (including phenoxy) is 1. The van der Waals surface area contributed by atoms with Crippen LogP contribution in [0.1, 0.15) is 95.0 Å². The predicted molar refractivity (Wildman–Crippen MR) is 163 cm³/mol. The van der Waals surface area contributed by atoms with Gasteiger partial charge in [0.15, 0.2) is 0 Å². The molecule has 0 fully saturated rings. The number of carbonyl (C=O) groups is 3. The van der Waals surface area contributed by atoms with Crippen LogP contribution in [0.3, 0.4) is 0 Å². The van der Waals surface area contributed by atoms with Crippen LogP contribution < -0.4 is 10.6 Å². The molecule has 0 spiro atoms. The van der Waals surface area contributed by atoms with E-state index in [9.17, 15) is 19.5 Å². The van der Waals surface area contributed by atoms with E-state index in [1.165, 1.54) is 0 Å². The summed E-state index contributed by atoms with van der Waals surface area (Å²) < 4.78 is 5.51. The van der Waals surface area contributed by atoms with Gasteiger partial charge in [0.25, 0.3) is 0 Å². The summed E-state index contributed by atoms with van der Waals surface area (Å²) in [5.74, 6) is -0.495. The fourth-order valence-corrected chi connectivity index (χ4v) is 4.61. The molecule has 226 valence electrons. The van der Waals surface area contributed by atoms with Crippen LogP contribution in [0, 0.1) is 13.8 Å². The Morgan fingerprint density at radius 3 is 2.22 bits per heavy atom. The first-order valence-corrected chi connectivity index (χ1v) is 14.8. The first kappa shape index (κ1) is 33.7. The summed E-state index contributed by atoms with van der Waals surface area (Å²) in [6.45, 7) is 14.2. The van der Waals surface area contributed by atoms with Gasteiger partial charge in [0.05, 0.1) is 0 Å². The lowest BCUT2D eigenvalue weighted by Gasteiger charge is -2.35. The van der Waals surface area contributed by atoms with Gasteiger partial charge in [0.1, 0.15) is 23.4 Å². The first-order chi connectivity index (χ1) is 19.4. The summed E-state index contributed by atoms with van der Waals surface area (Å²) in [4.78, 5) is 42.9. The van der Waals surface area contributed by atoms with E-state index in [0.29, 0.717) is 19.5 Å². The second kappa shape index (κ2) is 16.0. The van der Waals surface area contributed by atoms with Gasteiger partial charge in [0.2, 0.25) is 11.8 Å². The largest absolute Gasteiger partial charge is 0.508 e. The minimum absolute atomic E-state index is 0.108. The maximum Gasteiger partial charge on any atom is 0.408 e. The van der Waals surface area contributed by atoms with Crippen molar-refractivity contribution in [1.29, 1.82) is 0 Å². The van der Waals surface area contributed by atoms with Gasteiger partial charge in [-0.2, -0.15) is 0 Å². The zero-order valence-corrected chi connectivity index (χ0v) is 25.9. The molecule has 0 saturated heterocycles. The SMILES string of the molecule is CCCCCN(C(=O)C(Cc1ccc(O)cc1)NC(=O)OC(C)(C)C)C(C(=O)NCCCC)c1cc(C)ccc1C. The highest BCUT2D eigenvalue weighted by Crippen LogP contribution is 2.28. The lowest BCUT2D eigenvalue weighted by atomic mass is 9.95. The average Bonchev–Trinajstić information content (AvgIpc) is 2.89. The molecule has 8 nitrogen and oxygen atoms in total. The summed E-state index contributed by atoms with van der Waals surface area (Å²) in [5, 5.41) is 15.6. The summed E-state index contributed by atoms with van der Waals surface area (Å²) in [6, 6.07) is 10.6. The van der Waals surface area contributed by atoms with Crippen LogP contribution in [-0.2, 0) is 20.7 Å². The summed E-state index contributed by atoms with van der Waals surface area (Å²) >= 11 is 0. The minimum Gasteiger partial charge on any atom is -0.508 e. The number of aromatic hydroxyl groups is 1. The molecule has 2 aromatic carbocycles. The van der Waals surface area contributed by atoms with Gasteiger partial charge in [-0.15, -0.1) is 0 Å². The van der Waals surface area contributed by atoms with Gasteiger partial charge in [-0.05, 0) is 76.3 Å². The lowest BCUT2D eigenvalue weighted by molar-refractivity contribution is -0.142. The third-order valence-electron chi connectivity index (χ3n) is 6.77. The number of rotatable bonds is 14. The normalized spacial score (nSPS) is 12.8. The van der Waals surface area contributed by atoms with E-state index >= 15 is 0 Å². The molecule has 0 heterocycles. The first-order valence-electron chi connectivity index (χ1n) is 14.8. The van der Waals surface area contributed by atoms with Gasteiger partial charge in [-0.25, -0.2) is 4.79 Å². The Labute approximate surface area is 245 Å². The highest BCUT2D eigenvalue weighted by atomic mass is 16.6. The number of amides is 3. The number of phenolic OH excluding ortho intramolecular Hbond substituents is 1.